The van der Waals surface area contributed by atoms with Gasteiger partial charge in [0.2, 0.25) is 0 Å². The lowest BCUT2D eigenvalue weighted by molar-refractivity contribution is -0.137. The van der Waals surface area contributed by atoms with Crippen molar-refractivity contribution in [1.82, 2.24) is 0 Å². The van der Waals surface area contributed by atoms with Gasteiger partial charge in [-0.25, -0.2) is 0 Å². The van der Waals surface area contributed by atoms with Crippen molar-refractivity contribution in [3.63, 3.8) is 0 Å². The van der Waals surface area contributed by atoms with Crippen LogP contribution in [0.5, 0.6) is 5.75 Å². The van der Waals surface area contributed by atoms with Gasteiger partial charge in [-0.2, -0.15) is 23.0 Å². The fraction of sp³-hybridized carbons (Fsp3) is 0.0769. The minimum absolute atomic E-state index is 0.0100. The Bertz CT molecular complexity index is 683. The van der Waals surface area contributed by atoms with E-state index in [0.717, 1.165) is 18.2 Å². The molecule has 104 valence electrons. The largest absolute Gasteiger partial charge is 0.488 e. The summed E-state index contributed by atoms with van der Waals surface area (Å²) in [5, 5.41) is -0.0100. The van der Waals surface area contributed by atoms with Crippen LogP contribution < -0.4 is 9.83 Å². The molecule has 0 aliphatic carbocycles. The van der Waals surface area contributed by atoms with Gasteiger partial charge in [0, 0.05) is 11.1 Å². The van der Waals surface area contributed by atoms with Crippen LogP contribution in [-0.2, 0) is 6.18 Å². The fourth-order valence-corrected chi connectivity index (χ4v) is 3.44. The van der Waals surface area contributed by atoms with Crippen molar-refractivity contribution in [3.8, 4) is 16.9 Å². The highest BCUT2D eigenvalue weighted by atomic mass is 31.2. The van der Waals surface area contributed by atoms with E-state index in [1.807, 2.05) is 0 Å². The zero-order valence-electron chi connectivity index (χ0n) is 9.93. The molecule has 2 aromatic carbocycles. The fourth-order valence-electron chi connectivity index (χ4n) is 2.14. The maximum atomic E-state index is 12.8. The van der Waals surface area contributed by atoms with E-state index in [1.165, 1.54) is 6.07 Å². The Morgan fingerprint density at radius 3 is 2.35 bits per heavy atom. The molecule has 0 saturated heterocycles. The van der Waals surface area contributed by atoms with Crippen LogP contribution in [0, 0.1) is 0 Å². The summed E-state index contributed by atoms with van der Waals surface area (Å²) < 4.78 is 43.5. The lowest BCUT2D eigenvalue weighted by Crippen LogP contribution is -2.23. The highest BCUT2D eigenvalue weighted by Gasteiger charge is 2.48. The molecule has 0 amide bonds. The summed E-state index contributed by atoms with van der Waals surface area (Å²) in [6.45, 7) is 0. The van der Waals surface area contributed by atoms with Gasteiger partial charge in [-0.15, -0.1) is 0 Å². The van der Waals surface area contributed by atoms with E-state index in [1.54, 1.807) is 18.2 Å². The molecule has 0 unspecified atom stereocenters. The van der Waals surface area contributed by atoms with Crippen LogP contribution in [0.2, 0.25) is 0 Å². The molecular formula is C13H9F3O3P+. The predicted molar refractivity (Wildman–Crippen MR) is 68.5 cm³/mol. The van der Waals surface area contributed by atoms with Crippen molar-refractivity contribution in [1.29, 1.82) is 0 Å². The Morgan fingerprint density at radius 2 is 1.65 bits per heavy atom. The zero-order valence-corrected chi connectivity index (χ0v) is 10.8. The summed E-state index contributed by atoms with van der Waals surface area (Å²) >= 11 is 0. The maximum absolute atomic E-state index is 12.8. The van der Waals surface area contributed by atoms with Crippen molar-refractivity contribution in [2.75, 3.05) is 0 Å². The van der Waals surface area contributed by atoms with Crippen LogP contribution >= 0.6 is 7.94 Å². The van der Waals surface area contributed by atoms with Gasteiger partial charge in [-0.1, -0.05) is 18.2 Å². The van der Waals surface area contributed by atoms with Gasteiger partial charge in [0.1, 0.15) is 0 Å². The van der Waals surface area contributed by atoms with Crippen LogP contribution in [0.15, 0.2) is 42.5 Å². The first kappa shape index (κ1) is 13.4. The highest BCUT2D eigenvalue weighted by Crippen LogP contribution is 2.57. The van der Waals surface area contributed by atoms with E-state index in [2.05, 4.69) is 0 Å². The molecule has 0 radical (unpaired) electrons. The highest BCUT2D eigenvalue weighted by molar-refractivity contribution is 7.68. The molecule has 1 heterocycles. The van der Waals surface area contributed by atoms with E-state index >= 15 is 0 Å². The lowest BCUT2D eigenvalue weighted by Gasteiger charge is -2.22. The van der Waals surface area contributed by atoms with E-state index < -0.39 is 19.7 Å². The number of fused-ring (bicyclic) bond motifs is 3. The first-order chi connectivity index (χ1) is 9.29. The minimum Gasteiger partial charge on any atom is -0.280 e. The second kappa shape index (κ2) is 4.19. The number of benzene rings is 2. The number of alkyl halides is 3. The molecule has 1 aliphatic heterocycles. The number of hydrogen-bond donors (Lipinski definition) is 2. The molecule has 20 heavy (non-hydrogen) atoms. The zero-order chi connectivity index (χ0) is 14.5. The Kier molecular flexibility index (Phi) is 2.80. The Balaban J connectivity index is 2.28. The third-order valence-corrected chi connectivity index (χ3v) is 4.51. The Hall–Kier alpha value is -1.62. The SMILES string of the molecule is O[P+]1(O)Oc2ccccc2-c2cc(C(F)(F)F)ccc21. The van der Waals surface area contributed by atoms with Gasteiger partial charge >= 0.3 is 14.1 Å². The lowest BCUT2D eigenvalue weighted by atomic mass is 10.0. The number of halogens is 3. The van der Waals surface area contributed by atoms with Crippen molar-refractivity contribution in [3.05, 3.63) is 48.0 Å². The molecule has 2 aromatic rings. The van der Waals surface area contributed by atoms with Crippen LogP contribution in [0.25, 0.3) is 11.1 Å². The molecule has 3 nitrogen and oxygen atoms in total. The summed E-state index contributed by atoms with van der Waals surface area (Å²) in [6.07, 6.45) is -4.49. The molecule has 0 saturated carbocycles. The van der Waals surface area contributed by atoms with Crippen molar-refractivity contribution < 1.29 is 27.5 Å². The second-order valence-corrected chi connectivity index (χ2v) is 6.11. The molecule has 0 fully saturated rings. The summed E-state index contributed by atoms with van der Waals surface area (Å²) in [4.78, 5) is 19.9. The van der Waals surface area contributed by atoms with Crippen molar-refractivity contribution >= 4 is 13.2 Å². The van der Waals surface area contributed by atoms with Gasteiger partial charge in [-0.3, -0.25) is 4.52 Å². The molecule has 0 bridgehead atoms. The van der Waals surface area contributed by atoms with Crippen LogP contribution in [0.1, 0.15) is 5.56 Å². The Morgan fingerprint density at radius 1 is 0.950 bits per heavy atom. The molecule has 0 spiro atoms. The quantitative estimate of drug-likeness (QED) is 0.735. The molecule has 3 rings (SSSR count). The van der Waals surface area contributed by atoms with Gasteiger partial charge in [0.25, 0.3) is 0 Å². The third-order valence-electron chi connectivity index (χ3n) is 3.04. The molecular weight excluding hydrogens is 292 g/mol. The summed E-state index contributed by atoms with van der Waals surface area (Å²) in [5.41, 5.74) is -0.291. The maximum Gasteiger partial charge on any atom is 0.488 e. The van der Waals surface area contributed by atoms with E-state index in [0.29, 0.717) is 5.56 Å². The molecule has 7 heteroatoms. The van der Waals surface area contributed by atoms with Gasteiger partial charge in [-0.05, 0) is 24.3 Å². The Labute approximate surface area is 112 Å². The summed E-state index contributed by atoms with van der Waals surface area (Å²) in [7, 11) is -3.90. The smallest absolute Gasteiger partial charge is 0.280 e. The molecule has 1 aliphatic rings. The molecule has 0 atom stereocenters. The van der Waals surface area contributed by atoms with Crippen molar-refractivity contribution in [2.45, 2.75) is 6.18 Å². The van der Waals surface area contributed by atoms with Crippen LogP contribution in [0.3, 0.4) is 0 Å². The van der Waals surface area contributed by atoms with E-state index in [9.17, 15) is 23.0 Å². The first-order valence-electron chi connectivity index (χ1n) is 5.64. The normalized spacial score (nSPS) is 16.1. The van der Waals surface area contributed by atoms with Crippen molar-refractivity contribution in [2.24, 2.45) is 0 Å². The number of para-hydroxylation sites is 1. The predicted octanol–water partition coefficient (Wildman–Crippen LogP) is 3.14. The average molecular weight is 301 g/mol. The monoisotopic (exact) mass is 301 g/mol. The number of rotatable bonds is 0. The minimum atomic E-state index is -4.49. The van der Waals surface area contributed by atoms with Gasteiger partial charge in [0.05, 0.1) is 5.56 Å². The molecule has 0 aromatic heterocycles. The van der Waals surface area contributed by atoms with Crippen LogP contribution in [-0.4, -0.2) is 9.79 Å². The summed E-state index contributed by atoms with van der Waals surface area (Å²) in [5.74, 6) is 0.164. The number of hydrogen-bond acceptors (Lipinski definition) is 3. The molecule has 2 N–H and O–H groups in total. The third kappa shape index (κ3) is 2.06. The topological polar surface area (TPSA) is 49.7 Å². The summed E-state index contributed by atoms with van der Waals surface area (Å²) in [6, 6.07) is 9.11. The average Bonchev–Trinajstić information content (AvgIpc) is 2.37. The van der Waals surface area contributed by atoms with E-state index in [4.69, 9.17) is 4.52 Å². The van der Waals surface area contributed by atoms with Gasteiger partial charge < -0.3 is 0 Å². The standard InChI is InChI=1S/C13H9F3O3P/c14-13(15,16)8-5-6-12-10(7-8)9-3-1-2-4-11(9)19-20(12,17)18/h1-7,17-18H/q+1. The first-order valence-corrected chi connectivity index (χ1v) is 7.25. The van der Waals surface area contributed by atoms with E-state index in [-0.39, 0.29) is 16.6 Å². The second-order valence-electron chi connectivity index (χ2n) is 4.36. The van der Waals surface area contributed by atoms with Crippen LogP contribution in [0.4, 0.5) is 13.2 Å². The van der Waals surface area contributed by atoms with Gasteiger partial charge in [0.15, 0.2) is 11.1 Å².